The smallest absolute Gasteiger partial charge is 0.174 e. The Labute approximate surface area is 128 Å². The number of piperidine rings is 1. The van der Waals surface area contributed by atoms with Crippen LogP contribution in [0.4, 0.5) is 0 Å². The van der Waals surface area contributed by atoms with Crippen LogP contribution in [0.5, 0.6) is 11.5 Å². The lowest BCUT2D eigenvalue weighted by atomic mass is 9.51. The molecule has 2 aliphatic carbocycles. The van der Waals surface area contributed by atoms with E-state index >= 15 is 0 Å². The van der Waals surface area contributed by atoms with Crippen LogP contribution in [0.3, 0.4) is 0 Å². The number of ketones is 1. The quantitative estimate of drug-likeness (QED) is 0.751. The Morgan fingerprint density at radius 1 is 1.41 bits per heavy atom. The minimum atomic E-state index is -0.590. The molecule has 1 aromatic rings. The van der Waals surface area contributed by atoms with Gasteiger partial charge >= 0.3 is 0 Å². The Balaban J connectivity index is 1.86. The fraction of sp³-hybridized carbons (Fsp3) is 0.588. The van der Waals surface area contributed by atoms with Gasteiger partial charge in [0.1, 0.15) is 0 Å². The van der Waals surface area contributed by atoms with E-state index in [4.69, 9.17) is 4.74 Å². The van der Waals surface area contributed by atoms with Gasteiger partial charge in [-0.2, -0.15) is 0 Å². The van der Waals surface area contributed by atoms with Crippen molar-refractivity contribution < 1.29 is 19.7 Å². The first-order valence-electron chi connectivity index (χ1n) is 7.99. The van der Waals surface area contributed by atoms with Crippen LogP contribution in [0, 0.1) is 5.92 Å². The number of carbonyl (C=O) groups excluding carboxylic acids is 1. The molecule has 22 heavy (non-hydrogen) atoms. The summed E-state index contributed by atoms with van der Waals surface area (Å²) in [4.78, 5) is 14.7. The summed E-state index contributed by atoms with van der Waals surface area (Å²) in [5, 5.41) is 21.1. The SMILES string of the molecule is CN1CC[C@]23c4c5ccc(O)c4O[C@H]2C(=O)CC[C@H]3[C@@H]1[C@H]5O. The summed E-state index contributed by atoms with van der Waals surface area (Å²) in [5.41, 5.74) is 1.39. The van der Waals surface area contributed by atoms with Crippen LogP contribution >= 0.6 is 0 Å². The van der Waals surface area contributed by atoms with Crippen LogP contribution in [0.15, 0.2) is 12.1 Å². The molecular weight excluding hydrogens is 282 g/mol. The number of ether oxygens (including phenoxy) is 1. The molecule has 1 saturated heterocycles. The largest absolute Gasteiger partial charge is 0.504 e. The summed E-state index contributed by atoms with van der Waals surface area (Å²) in [7, 11) is 2.05. The summed E-state index contributed by atoms with van der Waals surface area (Å²) in [6.07, 6.45) is 1.06. The van der Waals surface area contributed by atoms with Gasteiger partial charge in [0.05, 0.1) is 6.10 Å². The van der Waals surface area contributed by atoms with E-state index in [-0.39, 0.29) is 28.9 Å². The second-order valence-electron chi connectivity index (χ2n) is 7.19. The molecule has 5 rings (SSSR count). The lowest BCUT2D eigenvalue weighted by molar-refractivity contribution is -0.143. The molecule has 0 amide bonds. The normalized spacial score (nSPS) is 42.0. The van der Waals surface area contributed by atoms with Gasteiger partial charge in [-0.25, -0.2) is 0 Å². The van der Waals surface area contributed by atoms with Gasteiger partial charge < -0.3 is 19.8 Å². The molecule has 5 heteroatoms. The zero-order valence-corrected chi connectivity index (χ0v) is 12.5. The average Bonchev–Trinajstić information content (AvgIpc) is 2.85. The Hall–Kier alpha value is -1.59. The molecule has 4 aliphatic rings. The Bertz CT molecular complexity index is 702. The Kier molecular flexibility index (Phi) is 2.25. The highest BCUT2D eigenvalue weighted by Gasteiger charge is 2.67. The number of rotatable bonds is 0. The number of Topliss-reactive ketones (excluding diaryl/α,β-unsaturated/α-hetero) is 1. The van der Waals surface area contributed by atoms with Gasteiger partial charge in [-0.3, -0.25) is 4.79 Å². The van der Waals surface area contributed by atoms with E-state index in [9.17, 15) is 15.0 Å². The number of likely N-dealkylation sites (tertiary alicyclic amines) is 1. The maximum atomic E-state index is 12.5. The van der Waals surface area contributed by atoms with E-state index in [2.05, 4.69) is 4.90 Å². The van der Waals surface area contributed by atoms with Crippen molar-refractivity contribution in [1.82, 2.24) is 4.90 Å². The van der Waals surface area contributed by atoms with Crippen molar-refractivity contribution in [2.75, 3.05) is 13.6 Å². The van der Waals surface area contributed by atoms with Gasteiger partial charge in [0.2, 0.25) is 0 Å². The third-order valence-electron chi connectivity index (χ3n) is 6.44. The van der Waals surface area contributed by atoms with Gasteiger partial charge in [-0.15, -0.1) is 0 Å². The van der Waals surface area contributed by atoms with Crippen molar-refractivity contribution in [3.05, 3.63) is 23.3 Å². The number of aliphatic hydroxyl groups is 1. The molecule has 2 heterocycles. The van der Waals surface area contributed by atoms with Crippen molar-refractivity contribution in [3.63, 3.8) is 0 Å². The van der Waals surface area contributed by atoms with E-state index < -0.39 is 12.2 Å². The third kappa shape index (κ3) is 1.19. The number of carbonyl (C=O) groups is 1. The molecule has 2 N–H and O–H groups in total. The predicted octanol–water partition coefficient (Wildman–Crippen LogP) is 1.12. The molecule has 2 fully saturated rings. The second kappa shape index (κ2) is 3.84. The molecule has 1 spiro atoms. The van der Waals surface area contributed by atoms with Crippen molar-refractivity contribution in [1.29, 1.82) is 0 Å². The van der Waals surface area contributed by atoms with E-state index in [0.29, 0.717) is 12.2 Å². The van der Waals surface area contributed by atoms with Gasteiger partial charge in [-0.1, -0.05) is 6.07 Å². The highest BCUT2D eigenvalue weighted by molar-refractivity contribution is 5.89. The minimum absolute atomic E-state index is 0.0240. The second-order valence-corrected chi connectivity index (χ2v) is 7.19. The lowest BCUT2D eigenvalue weighted by Gasteiger charge is -2.58. The first-order chi connectivity index (χ1) is 10.6. The molecular formula is C17H19NO4. The zero-order chi connectivity index (χ0) is 15.2. The highest BCUT2D eigenvalue weighted by Crippen LogP contribution is 2.64. The van der Waals surface area contributed by atoms with Crippen molar-refractivity contribution in [3.8, 4) is 11.5 Å². The molecule has 116 valence electrons. The number of phenols is 1. The predicted molar refractivity (Wildman–Crippen MR) is 77.9 cm³/mol. The standard InChI is InChI=1S/C17H19NO4/c1-18-7-6-17-9-3-5-11(20)16(17)22-15-10(19)4-2-8(12(15)17)14(21)13(9)18/h2,4,9,13-14,16,19,21H,3,5-7H2,1H3/t9-,13+,14-,16-,17-/m0/s1. The molecule has 0 aromatic heterocycles. The number of phenolic OH excluding ortho intramolecular Hbond substituents is 1. The summed E-state index contributed by atoms with van der Waals surface area (Å²) in [6.45, 7) is 0.833. The van der Waals surface area contributed by atoms with E-state index in [0.717, 1.165) is 30.5 Å². The number of likely N-dealkylation sites (N-methyl/N-ethyl adjacent to an activating group) is 1. The average molecular weight is 301 g/mol. The molecule has 0 unspecified atom stereocenters. The molecule has 2 bridgehead atoms. The maximum Gasteiger partial charge on any atom is 0.174 e. The summed E-state index contributed by atoms with van der Waals surface area (Å²) in [5.74, 6) is 0.862. The lowest BCUT2D eigenvalue weighted by Crippen LogP contribution is -2.66. The number of benzene rings is 1. The zero-order valence-electron chi connectivity index (χ0n) is 12.5. The Morgan fingerprint density at radius 2 is 2.23 bits per heavy atom. The van der Waals surface area contributed by atoms with Gasteiger partial charge in [-0.05, 0) is 44.0 Å². The van der Waals surface area contributed by atoms with Crippen LogP contribution in [0.1, 0.15) is 36.5 Å². The van der Waals surface area contributed by atoms with Crippen LogP contribution in [-0.2, 0) is 10.2 Å². The van der Waals surface area contributed by atoms with Crippen molar-refractivity contribution in [2.45, 2.75) is 42.9 Å². The fourth-order valence-electron chi connectivity index (χ4n) is 5.59. The molecule has 5 atom stereocenters. The molecule has 2 aliphatic heterocycles. The topological polar surface area (TPSA) is 70.0 Å². The van der Waals surface area contributed by atoms with Crippen LogP contribution in [0.2, 0.25) is 0 Å². The summed E-state index contributed by atoms with van der Waals surface area (Å²) < 4.78 is 5.98. The molecule has 0 radical (unpaired) electrons. The maximum absolute atomic E-state index is 12.5. The van der Waals surface area contributed by atoms with Gasteiger partial charge in [0.15, 0.2) is 23.4 Å². The number of hydrogen-bond acceptors (Lipinski definition) is 5. The van der Waals surface area contributed by atoms with E-state index in [1.54, 1.807) is 12.1 Å². The van der Waals surface area contributed by atoms with Crippen LogP contribution in [0.25, 0.3) is 0 Å². The summed E-state index contributed by atoms with van der Waals surface area (Å²) >= 11 is 0. The van der Waals surface area contributed by atoms with E-state index in [1.165, 1.54) is 0 Å². The monoisotopic (exact) mass is 301 g/mol. The molecule has 1 saturated carbocycles. The first kappa shape index (κ1) is 12.9. The number of hydrogen-bond donors (Lipinski definition) is 2. The van der Waals surface area contributed by atoms with E-state index in [1.807, 2.05) is 7.05 Å². The molecule has 1 aromatic carbocycles. The Morgan fingerprint density at radius 3 is 3.05 bits per heavy atom. The minimum Gasteiger partial charge on any atom is -0.504 e. The summed E-state index contributed by atoms with van der Waals surface area (Å²) in [6, 6.07) is 3.40. The molecule has 5 nitrogen and oxygen atoms in total. The van der Waals surface area contributed by atoms with Crippen molar-refractivity contribution >= 4 is 5.78 Å². The van der Waals surface area contributed by atoms with Gasteiger partial charge in [0, 0.05) is 23.4 Å². The number of aromatic hydroxyl groups is 1. The number of aliphatic hydroxyl groups excluding tert-OH is 1. The fourth-order valence-corrected chi connectivity index (χ4v) is 5.59. The third-order valence-corrected chi connectivity index (χ3v) is 6.44. The van der Waals surface area contributed by atoms with Gasteiger partial charge in [0.25, 0.3) is 0 Å². The van der Waals surface area contributed by atoms with Crippen molar-refractivity contribution in [2.24, 2.45) is 5.92 Å². The number of nitrogens with zero attached hydrogens (tertiary/aromatic N) is 1. The highest BCUT2D eigenvalue weighted by atomic mass is 16.5. The van der Waals surface area contributed by atoms with Crippen LogP contribution < -0.4 is 4.74 Å². The first-order valence-corrected chi connectivity index (χ1v) is 7.99. The van der Waals surface area contributed by atoms with Crippen LogP contribution in [-0.4, -0.2) is 46.6 Å².